The zero-order chi connectivity index (χ0) is 16.3. The number of nitrogens with zero attached hydrogens (tertiary/aromatic N) is 1. The van der Waals surface area contributed by atoms with Crippen LogP contribution in [-0.4, -0.2) is 22.1 Å². The van der Waals surface area contributed by atoms with Gasteiger partial charge < -0.3 is 15.0 Å². The SMILES string of the molecule is Cn1cccc1C(=O)NC[C@H](O)c1cccc(C(F)(F)F)c1. The summed E-state index contributed by atoms with van der Waals surface area (Å²) in [7, 11) is 1.69. The van der Waals surface area contributed by atoms with Crippen LogP contribution in [0.25, 0.3) is 0 Å². The molecule has 0 bridgehead atoms. The Morgan fingerprint density at radius 3 is 2.64 bits per heavy atom. The Morgan fingerprint density at radius 2 is 2.05 bits per heavy atom. The van der Waals surface area contributed by atoms with E-state index in [0.29, 0.717) is 5.69 Å². The fourth-order valence-corrected chi connectivity index (χ4v) is 2.02. The van der Waals surface area contributed by atoms with Crippen molar-refractivity contribution in [2.45, 2.75) is 12.3 Å². The summed E-state index contributed by atoms with van der Waals surface area (Å²) >= 11 is 0. The number of aliphatic hydroxyl groups is 1. The van der Waals surface area contributed by atoms with Crippen LogP contribution in [0, 0.1) is 0 Å². The Bertz CT molecular complexity index is 665. The molecule has 7 heteroatoms. The van der Waals surface area contributed by atoms with Crippen LogP contribution in [0.15, 0.2) is 42.6 Å². The molecule has 4 nitrogen and oxygen atoms in total. The Labute approximate surface area is 125 Å². The zero-order valence-electron chi connectivity index (χ0n) is 11.8. The van der Waals surface area contributed by atoms with Gasteiger partial charge in [-0.15, -0.1) is 0 Å². The number of halogens is 3. The molecule has 1 aromatic carbocycles. The molecule has 2 N–H and O–H groups in total. The number of alkyl halides is 3. The van der Waals surface area contributed by atoms with Crippen LogP contribution >= 0.6 is 0 Å². The summed E-state index contributed by atoms with van der Waals surface area (Å²) in [4.78, 5) is 11.9. The van der Waals surface area contributed by atoms with E-state index in [1.807, 2.05) is 0 Å². The van der Waals surface area contributed by atoms with Crippen molar-refractivity contribution in [2.24, 2.45) is 7.05 Å². The third kappa shape index (κ3) is 3.67. The van der Waals surface area contributed by atoms with Crippen molar-refractivity contribution in [3.05, 3.63) is 59.4 Å². The molecule has 0 aliphatic heterocycles. The number of aliphatic hydroxyl groups excluding tert-OH is 1. The minimum absolute atomic E-state index is 0.0991. The maximum atomic E-state index is 12.6. The molecule has 0 aliphatic rings. The van der Waals surface area contributed by atoms with Crippen molar-refractivity contribution in [1.82, 2.24) is 9.88 Å². The van der Waals surface area contributed by atoms with Crippen LogP contribution in [0.2, 0.25) is 0 Å². The van der Waals surface area contributed by atoms with Crippen molar-refractivity contribution in [3.8, 4) is 0 Å². The molecule has 2 rings (SSSR count). The summed E-state index contributed by atoms with van der Waals surface area (Å²) < 4.78 is 39.5. The molecule has 22 heavy (non-hydrogen) atoms. The summed E-state index contributed by atoms with van der Waals surface area (Å²) in [6.07, 6.45) is -3.99. The first-order chi connectivity index (χ1) is 10.3. The number of rotatable bonds is 4. The van der Waals surface area contributed by atoms with Gasteiger partial charge in [0.15, 0.2) is 0 Å². The van der Waals surface area contributed by atoms with Gasteiger partial charge in [0.2, 0.25) is 0 Å². The van der Waals surface area contributed by atoms with Gasteiger partial charge in [-0.1, -0.05) is 12.1 Å². The summed E-state index contributed by atoms with van der Waals surface area (Å²) in [5.41, 5.74) is -0.337. The molecule has 1 aromatic heterocycles. The Balaban J connectivity index is 2.02. The highest BCUT2D eigenvalue weighted by Gasteiger charge is 2.30. The lowest BCUT2D eigenvalue weighted by Gasteiger charge is -2.14. The first-order valence-corrected chi connectivity index (χ1v) is 6.54. The molecule has 0 spiro atoms. The second kappa shape index (κ2) is 6.23. The van der Waals surface area contributed by atoms with E-state index in [4.69, 9.17) is 0 Å². The number of aryl methyl sites for hydroxylation is 1. The van der Waals surface area contributed by atoms with Crippen LogP contribution in [0.5, 0.6) is 0 Å². The normalized spacial score (nSPS) is 13.0. The number of hydrogen-bond donors (Lipinski definition) is 2. The lowest BCUT2D eigenvalue weighted by molar-refractivity contribution is -0.137. The van der Waals surface area contributed by atoms with Crippen LogP contribution in [0.3, 0.4) is 0 Å². The van der Waals surface area contributed by atoms with E-state index in [1.54, 1.807) is 29.9 Å². The van der Waals surface area contributed by atoms with E-state index in [2.05, 4.69) is 5.32 Å². The Morgan fingerprint density at radius 1 is 1.32 bits per heavy atom. The lowest BCUT2D eigenvalue weighted by Crippen LogP contribution is -2.29. The predicted molar refractivity (Wildman–Crippen MR) is 74.2 cm³/mol. The molecule has 0 fully saturated rings. The van der Waals surface area contributed by atoms with Crippen LogP contribution in [0.4, 0.5) is 13.2 Å². The monoisotopic (exact) mass is 312 g/mol. The standard InChI is InChI=1S/C15H15F3N2O2/c1-20-7-3-6-12(20)14(22)19-9-13(21)10-4-2-5-11(8-10)15(16,17)18/h2-8,13,21H,9H2,1H3,(H,19,22)/t13-/m0/s1. The van der Waals surface area contributed by atoms with E-state index in [1.165, 1.54) is 12.1 Å². The summed E-state index contributed by atoms with van der Waals surface area (Å²) in [5.74, 6) is -0.404. The summed E-state index contributed by atoms with van der Waals surface area (Å²) in [6, 6.07) is 7.71. The van der Waals surface area contributed by atoms with E-state index in [9.17, 15) is 23.1 Å². The molecule has 0 saturated carbocycles. The molecule has 1 heterocycles. The first kappa shape index (κ1) is 16.1. The number of aromatic nitrogens is 1. The largest absolute Gasteiger partial charge is 0.416 e. The number of hydrogen-bond acceptors (Lipinski definition) is 2. The maximum absolute atomic E-state index is 12.6. The summed E-state index contributed by atoms with van der Waals surface area (Å²) in [5, 5.41) is 12.4. The third-order valence-corrected chi connectivity index (χ3v) is 3.23. The van der Waals surface area contributed by atoms with Gasteiger partial charge in [0.1, 0.15) is 5.69 Å². The number of carbonyl (C=O) groups is 1. The number of nitrogens with one attached hydrogen (secondary N) is 1. The van der Waals surface area contributed by atoms with E-state index >= 15 is 0 Å². The van der Waals surface area contributed by atoms with E-state index < -0.39 is 23.8 Å². The maximum Gasteiger partial charge on any atom is 0.416 e. The molecule has 0 radical (unpaired) electrons. The lowest BCUT2D eigenvalue weighted by atomic mass is 10.1. The van der Waals surface area contributed by atoms with Crippen molar-refractivity contribution in [1.29, 1.82) is 0 Å². The first-order valence-electron chi connectivity index (χ1n) is 6.54. The molecule has 2 aromatic rings. The number of amides is 1. The molecule has 1 atom stereocenters. The molecule has 118 valence electrons. The highest BCUT2D eigenvalue weighted by molar-refractivity contribution is 5.92. The zero-order valence-corrected chi connectivity index (χ0v) is 11.8. The quantitative estimate of drug-likeness (QED) is 0.911. The van der Waals surface area contributed by atoms with Crippen molar-refractivity contribution >= 4 is 5.91 Å². The fraction of sp³-hybridized carbons (Fsp3) is 0.267. The Hall–Kier alpha value is -2.28. The second-order valence-electron chi connectivity index (χ2n) is 4.85. The minimum Gasteiger partial charge on any atom is -0.387 e. The Kier molecular flexibility index (Phi) is 4.56. The van der Waals surface area contributed by atoms with Crippen molar-refractivity contribution < 1.29 is 23.1 Å². The topological polar surface area (TPSA) is 54.3 Å². The van der Waals surface area contributed by atoms with E-state index in [0.717, 1.165) is 12.1 Å². The van der Waals surface area contributed by atoms with Gasteiger partial charge in [-0.3, -0.25) is 4.79 Å². The average molecular weight is 312 g/mol. The highest BCUT2D eigenvalue weighted by atomic mass is 19.4. The molecule has 0 aliphatic carbocycles. The highest BCUT2D eigenvalue weighted by Crippen LogP contribution is 2.30. The van der Waals surface area contributed by atoms with Gasteiger partial charge in [0, 0.05) is 19.8 Å². The van der Waals surface area contributed by atoms with E-state index in [-0.39, 0.29) is 12.1 Å². The van der Waals surface area contributed by atoms with Crippen LogP contribution in [0.1, 0.15) is 27.7 Å². The van der Waals surface area contributed by atoms with Gasteiger partial charge >= 0.3 is 6.18 Å². The minimum atomic E-state index is -4.47. The molecule has 1 amide bonds. The molecule has 0 saturated heterocycles. The van der Waals surface area contributed by atoms with Gasteiger partial charge in [0.05, 0.1) is 11.7 Å². The number of carbonyl (C=O) groups excluding carboxylic acids is 1. The van der Waals surface area contributed by atoms with Gasteiger partial charge in [-0.2, -0.15) is 13.2 Å². The van der Waals surface area contributed by atoms with Crippen LogP contribution in [-0.2, 0) is 13.2 Å². The molecular weight excluding hydrogens is 297 g/mol. The van der Waals surface area contributed by atoms with Crippen molar-refractivity contribution in [3.63, 3.8) is 0 Å². The third-order valence-electron chi connectivity index (χ3n) is 3.23. The smallest absolute Gasteiger partial charge is 0.387 e. The summed E-state index contributed by atoms with van der Waals surface area (Å²) in [6.45, 7) is -0.175. The average Bonchev–Trinajstić information content (AvgIpc) is 2.90. The predicted octanol–water partition coefficient (Wildman–Crippen LogP) is 2.51. The number of benzene rings is 1. The fourth-order valence-electron chi connectivity index (χ4n) is 2.02. The van der Waals surface area contributed by atoms with Crippen LogP contribution < -0.4 is 5.32 Å². The second-order valence-corrected chi connectivity index (χ2v) is 4.85. The van der Waals surface area contributed by atoms with Gasteiger partial charge in [-0.25, -0.2) is 0 Å². The van der Waals surface area contributed by atoms with Gasteiger partial charge in [0.25, 0.3) is 5.91 Å². The molecule has 0 unspecified atom stereocenters. The van der Waals surface area contributed by atoms with Crippen molar-refractivity contribution in [2.75, 3.05) is 6.54 Å². The molecular formula is C15H15F3N2O2. The van der Waals surface area contributed by atoms with Gasteiger partial charge in [-0.05, 0) is 29.8 Å².